The van der Waals surface area contributed by atoms with Gasteiger partial charge in [-0.15, -0.1) is 0 Å². The van der Waals surface area contributed by atoms with Gasteiger partial charge in [0.15, 0.2) is 0 Å². The molecule has 4 nitrogen and oxygen atoms in total. The van der Waals surface area contributed by atoms with Gasteiger partial charge in [0.1, 0.15) is 17.2 Å². The minimum atomic E-state index is -4.59. The summed E-state index contributed by atoms with van der Waals surface area (Å²) in [6.45, 7) is 26.5. The molecule has 6 aromatic rings. The summed E-state index contributed by atoms with van der Waals surface area (Å²) >= 11 is 0. The van der Waals surface area contributed by atoms with Crippen LogP contribution in [0.4, 0.5) is 0 Å². The fourth-order valence-electron chi connectivity index (χ4n) is 8.58. The number of hydrogen-bond acceptors (Lipinski definition) is 4. The lowest BCUT2D eigenvalue weighted by atomic mass is 9.84. The van der Waals surface area contributed by atoms with Crippen molar-refractivity contribution in [2.75, 3.05) is 0 Å². The fraction of sp³-hybridized carbons (Fsp3) is 0.333. The molecule has 0 bridgehead atoms. The Morgan fingerprint density at radius 3 is 0.763 bits per heavy atom. The SMILES string of the molecule is CC(C)c1ccc(OP(=O)(Oc2ccc(C(C)C)c(C(C)C)c2-c2ccccc2)Oc2ccc(C(C)C)c(C(C)C)c2-c2ccccc2)c(-c2ccccc2)c1C(C)C. The Balaban J connectivity index is 1.67. The maximum absolute atomic E-state index is 16.3. The van der Waals surface area contributed by atoms with E-state index in [9.17, 15) is 0 Å². The van der Waals surface area contributed by atoms with E-state index in [1.807, 2.05) is 72.8 Å². The van der Waals surface area contributed by atoms with Gasteiger partial charge in [-0.2, -0.15) is 4.57 Å². The highest BCUT2D eigenvalue weighted by molar-refractivity contribution is 7.49. The average Bonchev–Trinajstić information content (AvgIpc) is 3.20. The zero-order valence-corrected chi connectivity index (χ0v) is 38.1. The zero-order valence-electron chi connectivity index (χ0n) is 37.2. The van der Waals surface area contributed by atoms with Gasteiger partial charge in [-0.25, -0.2) is 0 Å². The van der Waals surface area contributed by atoms with E-state index in [1.165, 1.54) is 16.7 Å². The topological polar surface area (TPSA) is 44.8 Å². The van der Waals surface area contributed by atoms with Crippen molar-refractivity contribution in [3.8, 4) is 50.6 Å². The summed E-state index contributed by atoms with van der Waals surface area (Å²) in [6.07, 6.45) is 0. The van der Waals surface area contributed by atoms with Gasteiger partial charge < -0.3 is 13.6 Å². The summed E-state index contributed by atoms with van der Waals surface area (Å²) in [6, 6.07) is 42.9. The van der Waals surface area contributed by atoms with Crippen molar-refractivity contribution in [1.29, 1.82) is 0 Å². The van der Waals surface area contributed by atoms with Crippen LogP contribution in [0.5, 0.6) is 17.2 Å². The third kappa shape index (κ3) is 9.40. The Kier molecular flexibility index (Phi) is 13.6. The number of phosphoric ester groups is 1. The molecule has 0 saturated heterocycles. The molecule has 308 valence electrons. The lowest BCUT2D eigenvalue weighted by Crippen LogP contribution is -2.13. The summed E-state index contributed by atoms with van der Waals surface area (Å²) in [5.41, 5.74) is 12.7. The van der Waals surface area contributed by atoms with Gasteiger partial charge in [0.25, 0.3) is 0 Å². The first-order valence-electron chi connectivity index (χ1n) is 21.5. The summed E-state index contributed by atoms with van der Waals surface area (Å²) in [5, 5.41) is 0. The Hall–Kier alpha value is -5.05. The minimum absolute atomic E-state index is 0.149. The van der Waals surface area contributed by atoms with Crippen molar-refractivity contribution >= 4 is 7.82 Å². The van der Waals surface area contributed by atoms with E-state index in [-0.39, 0.29) is 35.5 Å². The van der Waals surface area contributed by atoms with E-state index in [4.69, 9.17) is 13.6 Å². The molecule has 0 unspecified atom stereocenters. The highest BCUT2D eigenvalue weighted by Crippen LogP contribution is 2.57. The fourth-order valence-corrected chi connectivity index (χ4v) is 9.87. The predicted molar refractivity (Wildman–Crippen MR) is 250 cm³/mol. The third-order valence-corrected chi connectivity index (χ3v) is 12.4. The van der Waals surface area contributed by atoms with Crippen LogP contribution < -0.4 is 13.6 Å². The molecule has 0 spiro atoms. The van der Waals surface area contributed by atoms with Crippen molar-refractivity contribution in [3.63, 3.8) is 0 Å². The number of phosphoric acid groups is 1. The summed E-state index contributed by atoms with van der Waals surface area (Å²) in [4.78, 5) is 0. The predicted octanol–water partition coefficient (Wildman–Crippen LogP) is 17.1. The number of benzene rings is 6. The molecule has 0 radical (unpaired) electrons. The Morgan fingerprint density at radius 1 is 0.322 bits per heavy atom. The molecule has 0 aliphatic heterocycles. The van der Waals surface area contributed by atoms with Crippen LogP contribution in [0.3, 0.4) is 0 Å². The molecule has 59 heavy (non-hydrogen) atoms. The molecule has 0 fully saturated rings. The van der Waals surface area contributed by atoms with Crippen LogP contribution in [0.1, 0.15) is 152 Å². The third-order valence-electron chi connectivity index (χ3n) is 11.1. The molecule has 0 aliphatic carbocycles. The van der Waals surface area contributed by atoms with Crippen molar-refractivity contribution in [2.45, 2.75) is 119 Å². The quantitative estimate of drug-likeness (QED) is 0.0970. The molecule has 0 N–H and O–H groups in total. The van der Waals surface area contributed by atoms with Crippen LogP contribution in [0.25, 0.3) is 33.4 Å². The largest absolute Gasteiger partial charge is 0.647 e. The summed E-state index contributed by atoms with van der Waals surface area (Å²) in [7, 11) is -4.59. The van der Waals surface area contributed by atoms with Crippen molar-refractivity contribution in [2.24, 2.45) is 0 Å². The molecule has 6 rings (SSSR count). The molecule has 0 heterocycles. The highest BCUT2D eigenvalue weighted by atomic mass is 31.2. The van der Waals surface area contributed by atoms with Gasteiger partial charge in [-0.3, -0.25) is 0 Å². The van der Waals surface area contributed by atoms with E-state index in [0.717, 1.165) is 50.1 Å². The van der Waals surface area contributed by atoms with Gasteiger partial charge in [-0.05, 0) is 104 Å². The maximum Gasteiger partial charge on any atom is 0.647 e. The zero-order chi connectivity index (χ0) is 42.6. The first kappa shape index (κ1) is 43.5. The van der Waals surface area contributed by atoms with Crippen molar-refractivity contribution in [3.05, 3.63) is 161 Å². The van der Waals surface area contributed by atoms with Crippen LogP contribution in [-0.4, -0.2) is 0 Å². The monoisotopic (exact) mass is 806 g/mol. The van der Waals surface area contributed by atoms with Gasteiger partial charge in [0.2, 0.25) is 0 Å². The van der Waals surface area contributed by atoms with E-state index in [2.05, 4.69) is 138 Å². The molecule has 5 heteroatoms. The second kappa shape index (κ2) is 18.5. The maximum atomic E-state index is 16.3. The van der Waals surface area contributed by atoms with E-state index in [0.29, 0.717) is 17.2 Å². The second-order valence-electron chi connectivity index (χ2n) is 17.6. The molecule has 0 aromatic heterocycles. The first-order chi connectivity index (χ1) is 28.1. The highest BCUT2D eigenvalue weighted by Gasteiger charge is 2.38. The molecular weight excluding hydrogens is 744 g/mol. The van der Waals surface area contributed by atoms with Crippen LogP contribution >= 0.6 is 7.82 Å². The van der Waals surface area contributed by atoms with Gasteiger partial charge in [0.05, 0.1) is 0 Å². The van der Waals surface area contributed by atoms with Crippen molar-refractivity contribution < 1.29 is 18.1 Å². The van der Waals surface area contributed by atoms with E-state index >= 15 is 4.57 Å². The normalized spacial score (nSPS) is 12.0. The molecule has 0 saturated carbocycles. The first-order valence-corrected chi connectivity index (χ1v) is 22.9. The summed E-state index contributed by atoms with van der Waals surface area (Å²) in [5.74, 6) is 2.56. The average molecular weight is 807 g/mol. The van der Waals surface area contributed by atoms with E-state index in [1.54, 1.807) is 0 Å². The van der Waals surface area contributed by atoms with Crippen LogP contribution in [0.2, 0.25) is 0 Å². The molecule has 0 aliphatic rings. The van der Waals surface area contributed by atoms with Crippen molar-refractivity contribution in [1.82, 2.24) is 0 Å². The Morgan fingerprint density at radius 2 is 0.559 bits per heavy atom. The lowest BCUT2D eigenvalue weighted by Gasteiger charge is -2.29. The van der Waals surface area contributed by atoms with Crippen LogP contribution in [-0.2, 0) is 4.57 Å². The van der Waals surface area contributed by atoms with Crippen LogP contribution in [0.15, 0.2) is 127 Å². The van der Waals surface area contributed by atoms with E-state index < -0.39 is 7.82 Å². The number of hydrogen-bond donors (Lipinski definition) is 0. The molecule has 0 atom stereocenters. The lowest BCUT2D eigenvalue weighted by molar-refractivity contribution is 0.299. The minimum Gasteiger partial charge on any atom is -0.385 e. The second-order valence-corrected chi connectivity index (χ2v) is 19.0. The van der Waals surface area contributed by atoms with Crippen LogP contribution in [0, 0.1) is 0 Å². The Labute approximate surface area is 354 Å². The summed E-state index contributed by atoms with van der Waals surface area (Å²) < 4.78 is 37.2. The van der Waals surface area contributed by atoms with Gasteiger partial charge >= 0.3 is 7.82 Å². The van der Waals surface area contributed by atoms with Gasteiger partial charge in [-0.1, -0.05) is 192 Å². The smallest absolute Gasteiger partial charge is 0.385 e. The molecule has 6 aromatic carbocycles. The number of rotatable bonds is 15. The van der Waals surface area contributed by atoms with Gasteiger partial charge in [0, 0.05) is 16.7 Å². The molecular formula is C54H63O4P. The standard InChI is InChI=1S/C54H63O4P/c1-34(2)43-28-31-46(52(49(43)37(7)8)40-22-16-13-17-23-40)56-59(55,57-47-32-29-44(35(3)4)50(38(9)10)53(47)41-24-18-14-19-25-41)58-48-33-30-45(36(5)6)51(39(11)12)54(48)42-26-20-15-21-27-42/h13-39H,1-12H3. The Bertz CT molecular complexity index is 2120. The molecule has 0 amide bonds.